The number of likely N-dealkylation sites (tertiary alicyclic amines) is 1. The summed E-state index contributed by atoms with van der Waals surface area (Å²) in [6.07, 6.45) is 6.85. The van der Waals surface area contributed by atoms with Crippen LogP contribution in [0.1, 0.15) is 72.6 Å². The smallest absolute Gasteiger partial charge is 0.410 e. The minimum Gasteiger partial charge on any atom is -0.444 e. The first-order valence-corrected chi connectivity index (χ1v) is 9.20. The first kappa shape index (κ1) is 18.5. The number of aliphatic hydroxyl groups is 1. The molecule has 4 atom stereocenters. The van der Waals surface area contributed by atoms with Crippen LogP contribution < -0.4 is 5.32 Å². The van der Waals surface area contributed by atoms with Gasteiger partial charge in [0, 0.05) is 24.7 Å². The predicted molar refractivity (Wildman–Crippen MR) is 91.4 cm³/mol. The van der Waals surface area contributed by atoms with Crippen molar-refractivity contribution in [3.8, 4) is 0 Å². The van der Waals surface area contributed by atoms with Gasteiger partial charge in [-0.3, -0.25) is 0 Å². The van der Waals surface area contributed by atoms with Crippen molar-refractivity contribution >= 4 is 6.09 Å². The second-order valence-electron chi connectivity index (χ2n) is 8.23. The van der Waals surface area contributed by atoms with Crippen LogP contribution in [0.2, 0.25) is 0 Å². The van der Waals surface area contributed by atoms with Crippen LogP contribution in [0.4, 0.5) is 4.79 Å². The normalized spacial score (nSPS) is 30.3. The standard InChI is InChI=1S/C18H34N2O3/c1-13(19-15-9-5-6-10-16(15)21)12-14-8-7-11-20(14)17(22)23-18(2,3)4/h13-16,19,21H,5-12H2,1-4H3. The van der Waals surface area contributed by atoms with Crippen molar-refractivity contribution in [2.45, 2.75) is 102 Å². The third kappa shape index (κ3) is 5.64. The van der Waals surface area contributed by atoms with Crippen molar-refractivity contribution < 1.29 is 14.6 Å². The maximum absolute atomic E-state index is 12.3. The first-order valence-electron chi connectivity index (χ1n) is 9.20. The van der Waals surface area contributed by atoms with E-state index in [1.807, 2.05) is 25.7 Å². The lowest BCUT2D eigenvalue weighted by molar-refractivity contribution is 0.0208. The minimum absolute atomic E-state index is 0.190. The monoisotopic (exact) mass is 326 g/mol. The van der Waals surface area contributed by atoms with Gasteiger partial charge in [-0.25, -0.2) is 4.79 Å². The van der Waals surface area contributed by atoms with E-state index in [2.05, 4.69) is 12.2 Å². The molecule has 0 aromatic carbocycles. The highest BCUT2D eigenvalue weighted by molar-refractivity contribution is 5.68. The summed E-state index contributed by atoms with van der Waals surface area (Å²) >= 11 is 0. The Hall–Kier alpha value is -0.810. The summed E-state index contributed by atoms with van der Waals surface area (Å²) in [5.41, 5.74) is -0.444. The third-order valence-corrected chi connectivity index (χ3v) is 4.86. The number of carbonyl (C=O) groups excluding carboxylic acids is 1. The van der Waals surface area contributed by atoms with E-state index in [1.54, 1.807) is 0 Å². The van der Waals surface area contributed by atoms with Gasteiger partial charge in [0.1, 0.15) is 5.60 Å². The molecule has 1 saturated carbocycles. The van der Waals surface area contributed by atoms with Gasteiger partial charge < -0.3 is 20.1 Å². The summed E-state index contributed by atoms with van der Waals surface area (Å²) in [5.74, 6) is 0. The van der Waals surface area contributed by atoms with Crippen molar-refractivity contribution in [1.29, 1.82) is 0 Å². The van der Waals surface area contributed by atoms with Gasteiger partial charge >= 0.3 is 6.09 Å². The van der Waals surface area contributed by atoms with Gasteiger partial charge in [0.25, 0.3) is 0 Å². The molecule has 1 aliphatic carbocycles. The number of aliphatic hydroxyl groups excluding tert-OH is 1. The van der Waals surface area contributed by atoms with Crippen LogP contribution in [0.25, 0.3) is 0 Å². The molecule has 4 unspecified atom stereocenters. The lowest BCUT2D eigenvalue weighted by atomic mass is 9.91. The zero-order valence-corrected chi connectivity index (χ0v) is 15.2. The molecule has 2 aliphatic rings. The Morgan fingerprint density at radius 3 is 2.61 bits per heavy atom. The molecule has 1 amide bonds. The molecule has 1 aliphatic heterocycles. The molecule has 134 valence electrons. The van der Waals surface area contributed by atoms with Gasteiger partial charge in [-0.15, -0.1) is 0 Å². The molecule has 2 fully saturated rings. The summed E-state index contributed by atoms with van der Waals surface area (Å²) in [4.78, 5) is 14.2. The molecule has 0 bridgehead atoms. The quantitative estimate of drug-likeness (QED) is 0.833. The summed E-state index contributed by atoms with van der Waals surface area (Å²) in [7, 11) is 0. The molecule has 2 rings (SSSR count). The van der Waals surface area contributed by atoms with Crippen LogP contribution in [0.3, 0.4) is 0 Å². The van der Waals surface area contributed by atoms with Crippen LogP contribution in [-0.2, 0) is 4.74 Å². The number of hydrogen-bond donors (Lipinski definition) is 2. The van der Waals surface area contributed by atoms with E-state index in [0.29, 0.717) is 6.04 Å². The average Bonchev–Trinajstić information content (AvgIpc) is 2.87. The molecule has 0 aromatic rings. The third-order valence-electron chi connectivity index (χ3n) is 4.86. The number of rotatable bonds is 4. The predicted octanol–water partition coefficient (Wildman–Crippen LogP) is 3.06. The summed E-state index contributed by atoms with van der Waals surface area (Å²) < 4.78 is 5.53. The van der Waals surface area contributed by atoms with Crippen molar-refractivity contribution in [1.82, 2.24) is 10.2 Å². The number of ether oxygens (including phenoxy) is 1. The number of nitrogens with zero attached hydrogens (tertiary/aromatic N) is 1. The Balaban J connectivity index is 1.84. The van der Waals surface area contributed by atoms with Crippen LogP contribution >= 0.6 is 0 Å². The van der Waals surface area contributed by atoms with Crippen molar-refractivity contribution in [2.24, 2.45) is 0 Å². The fraction of sp³-hybridized carbons (Fsp3) is 0.944. The molecule has 5 heteroatoms. The van der Waals surface area contributed by atoms with Crippen LogP contribution in [0.15, 0.2) is 0 Å². The molecule has 1 saturated heterocycles. The van der Waals surface area contributed by atoms with Gasteiger partial charge in [0.2, 0.25) is 0 Å². The Kier molecular flexibility index (Phi) is 6.32. The SMILES string of the molecule is CC(CC1CCCN1C(=O)OC(C)(C)C)NC1CCCCC1O. The highest BCUT2D eigenvalue weighted by Crippen LogP contribution is 2.25. The summed E-state index contributed by atoms with van der Waals surface area (Å²) in [6, 6.07) is 0.740. The largest absolute Gasteiger partial charge is 0.444 e. The number of hydrogen-bond acceptors (Lipinski definition) is 4. The van der Waals surface area contributed by atoms with Crippen molar-refractivity contribution in [3.05, 3.63) is 0 Å². The Morgan fingerprint density at radius 1 is 1.26 bits per heavy atom. The van der Waals surface area contributed by atoms with Crippen LogP contribution in [-0.4, -0.2) is 52.5 Å². The van der Waals surface area contributed by atoms with Crippen molar-refractivity contribution in [2.75, 3.05) is 6.54 Å². The molecular weight excluding hydrogens is 292 g/mol. The zero-order valence-electron chi connectivity index (χ0n) is 15.2. The van der Waals surface area contributed by atoms with Gasteiger partial charge in [-0.05, 0) is 59.8 Å². The minimum atomic E-state index is -0.444. The second-order valence-corrected chi connectivity index (χ2v) is 8.23. The molecule has 5 nitrogen and oxygen atoms in total. The fourth-order valence-electron chi connectivity index (χ4n) is 3.79. The van der Waals surface area contributed by atoms with Gasteiger partial charge in [-0.2, -0.15) is 0 Å². The molecule has 1 heterocycles. The Morgan fingerprint density at radius 2 is 1.96 bits per heavy atom. The molecule has 0 aromatic heterocycles. The molecule has 2 N–H and O–H groups in total. The lowest BCUT2D eigenvalue weighted by Crippen LogP contribution is -2.48. The van der Waals surface area contributed by atoms with E-state index in [0.717, 1.165) is 45.1 Å². The number of amides is 1. The Bertz CT molecular complexity index is 394. The van der Waals surface area contributed by atoms with Gasteiger partial charge in [-0.1, -0.05) is 12.8 Å². The summed E-state index contributed by atoms with van der Waals surface area (Å²) in [5, 5.41) is 13.7. The van der Waals surface area contributed by atoms with E-state index >= 15 is 0 Å². The van der Waals surface area contributed by atoms with E-state index in [1.165, 1.54) is 6.42 Å². The lowest BCUT2D eigenvalue weighted by Gasteiger charge is -2.34. The highest BCUT2D eigenvalue weighted by atomic mass is 16.6. The van der Waals surface area contributed by atoms with E-state index in [-0.39, 0.29) is 24.3 Å². The summed E-state index contributed by atoms with van der Waals surface area (Å²) in [6.45, 7) is 8.67. The van der Waals surface area contributed by atoms with Crippen LogP contribution in [0, 0.1) is 0 Å². The first-order chi connectivity index (χ1) is 10.8. The second kappa shape index (κ2) is 7.84. The van der Waals surface area contributed by atoms with Crippen LogP contribution in [0.5, 0.6) is 0 Å². The topological polar surface area (TPSA) is 61.8 Å². The maximum Gasteiger partial charge on any atom is 0.410 e. The van der Waals surface area contributed by atoms with E-state index < -0.39 is 5.60 Å². The fourth-order valence-corrected chi connectivity index (χ4v) is 3.79. The number of nitrogens with one attached hydrogen (secondary N) is 1. The molecule has 0 radical (unpaired) electrons. The van der Waals surface area contributed by atoms with Gasteiger partial charge in [0.05, 0.1) is 6.10 Å². The maximum atomic E-state index is 12.3. The molecule has 23 heavy (non-hydrogen) atoms. The van der Waals surface area contributed by atoms with Gasteiger partial charge in [0.15, 0.2) is 0 Å². The van der Waals surface area contributed by atoms with Crippen molar-refractivity contribution in [3.63, 3.8) is 0 Å². The average molecular weight is 326 g/mol. The van der Waals surface area contributed by atoms with E-state index in [4.69, 9.17) is 4.74 Å². The highest BCUT2D eigenvalue weighted by Gasteiger charge is 2.33. The van der Waals surface area contributed by atoms with E-state index in [9.17, 15) is 9.90 Å². The molecule has 0 spiro atoms. The molecular formula is C18H34N2O3. The zero-order chi connectivity index (χ0) is 17.0. The number of carbonyl (C=O) groups is 1. The Labute approximate surface area is 140 Å².